The van der Waals surface area contributed by atoms with E-state index < -0.39 is 16.9 Å². The van der Waals surface area contributed by atoms with Gasteiger partial charge in [0.25, 0.3) is 11.6 Å². The second-order valence-electron chi connectivity index (χ2n) is 3.64. The molecule has 7 heteroatoms. The molecule has 18 heavy (non-hydrogen) atoms. The van der Waals surface area contributed by atoms with E-state index in [1.165, 1.54) is 30.1 Å². The zero-order valence-corrected chi connectivity index (χ0v) is 11.3. The van der Waals surface area contributed by atoms with Crippen LogP contribution in [0.2, 0.25) is 0 Å². The van der Waals surface area contributed by atoms with Crippen molar-refractivity contribution in [1.29, 1.82) is 5.26 Å². The van der Waals surface area contributed by atoms with Gasteiger partial charge in [0.2, 0.25) is 0 Å². The standard InChI is InChI=1S/C11H10BrN3O3/c1-7(6-13)14(2)11(16)9-5-8(15(17)18)3-4-10(9)12/h3-5,7H,1-2H3. The van der Waals surface area contributed by atoms with Gasteiger partial charge >= 0.3 is 0 Å². The van der Waals surface area contributed by atoms with Crippen LogP contribution in [0.3, 0.4) is 0 Å². The number of carbonyl (C=O) groups is 1. The summed E-state index contributed by atoms with van der Waals surface area (Å²) < 4.78 is 0.454. The average Bonchev–Trinajstić information content (AvgIpc) is 2.36. The van der Waals surface area contributed by atoms with E-state index in [2.05, 4.69) is 15.9 Å². The number of amides is 1. The molecule has 0 N–H and O–H groups in total. The lowest BCUT2D eigenvalue weighted by atomic mass is 10.1. The summed E-state index contributed by atoms with van der Waals surface area (Å²) in [5.41, 5.74) is -0.00615. The summed E-state index contributed by atoms with van der Waals surface area (Å²) in [6.45, 7) is 1.57. The smallest absolute Gasteiger partial charge is 0.270 e. The van der Waals surface area contributed by atoms with Crippen LogP contribution in [0.1, 0.15) is 17.3 Å². The van der Waals surface area contributed by atoms with Crippen molar-refractivity contribution in [2.45, 2.75) is 13.0 Å². The third-order valence-corrected chi connectivity index (χ3v) is 3.17. The normalized spacial score (nSPS) is 11.4. The number of nitriles is 1. The predicted molar refractivity (Wildman–Crippen MR) is 68.0 cm³/mol. The second-order valence-corrected chi connectivity index (χ2v) is 4.50. The molecule has 1 unspecified atom stereocenters. The van der Waals surface area contributed by atoms with Crippen LogP contribution >= 0.6 is 15.9 Å². The van der Waals surface area contributed by atoms with Crippen LogP contribution in [0.5, 0.6) is 0 Å². The van der Waals surface area contributed by atoms with Gasteiger partial charge in [0.05, 0.1) is 16.6 Å². The monoisotopic (exact) mass is 311 g/mol. The minimum absolute atomic E-state index is 0.161. The lowest BCUT2D eigenvalue weighted by Gasteiger charge is -2.19. The zero-order valence-electron chi connectivity index (χ0n) is 9.75. The molecule has 0 radical (unpaired) electrons. The molecule has 0 aromatic heterocycles. The molecule has 0 aliphatic rings. The molecule has 0 aliphatic heterocycles. The minimum atomic E-state index is -0.608. The quantitative estimate of drug-likeness (QED) is 0.633. The molecule has 1 aromatic carbocycles. The van der Waals surface area contributed by atoms with E-state index in [1.54, 1.807) is 6.92 Å². The number of hydrogen-bond donors (Lipinski definition) is 0. The van der Waals surface area contributed by atoms with Crippen LogP contribution < -0.4 is 0 Å². The molecule has 94 valence electrons. The number of carbonyl (C=O) groups excluding carboxylic acids is 1. The molecule has 1 aromatic rings. The van der Waals surface area contributed by atoms with Gasteiger partial charge in [-0.3, -0.25) is 14.9 Å². The number of rotatable bonds is 3. The predicted octanol–water partition coefficient (Wildman–Crippen LogP) is 2.34. The lowest BCUT2D eigenvalue weighted by Crippen LogP contribution is -2.34. The van der Waals surface area contributed by atoms with E-state index in [9.17, 15) is 14.9 Å². The summed E-state index contributed by atoms with van der Waals surface area (Å²) in [7, 11) is 1.47. The maximum atomic E-state index is 12.1. The average molecular weight is 312 g/mol. The topological polar surface area (TPSA) is 87.2 Å². The maximum absolute atomic E-state index is 12.1. The second kappa shape index (κ2) is 5.60. The largest absolute Gasteiger partial charge is 0.326 e. The molecule has 1 atom stereocenters. The van der Waals surface area contributed by atoms with Crippen LogP contribution in [-0.2, 0) is 0 Å². The molecule has 6 nitrogen and oxygen atoms in total. The first-order chi connectivity index (χ1) is 8.38. The minimum Gasteiger partial charge on any atom is -0.326 e. The van der Waals surface area contributed by atoms with Gasteiger partial charge in [-0.25, -0.2) is 0 Å². The number of hydrogen-bond acceptors (Lipinski definition) is 4. The van der Waals surface area contributed by atoms with Crippen molar-refractivity contribution in [3.8, 4) is 6.07 Å². The third-order valence-electron chi connectivity index (χ3n) is 2.48. The molecule has 1 amide bonds. The Kier molecular flexibility index (Phi) is 4.39. The number of halogens is 1. The molecule has 0 aliphatic carbocycles. The maximum Gasteiger partial charge on any atom is 0.270 e. The molecule has 0 saturated heterocycles. The zero-order chi connectivity index (χ0) is 13.9. The first-order valence-corrected chi connectivity index (χ1v) is 5.78. The van der Waals surface area contributed by atoms with Gasteiger partial charge in [0.15, 0.2) is 0 Å². The van der Waals surface area contributed by atoms with Crippen molar-refractivity contribution >= 4 is 27.5 Å². The molecular formula is C11H10BrN3O3. The summed E-state index contributed by atoms with van der Waals surface area (Å²) in [5, 5.41) is 19.4. The Balaban J connectivity index is 3.17. The van der Waals surface area contributed by atoms with Crippen molar-refractivity contribution in [3.05, 3.63) is 38.3 Å². The number of nitro benzene ring substituents is 1. The summed E-state index contributed by atoms with van der Waals surface area (Å²) in [6.07, 6.45) is 0. The Hall–Kier alpha value is -1.94. The van der Waals surface area contributed by atoms with Gasteiger partial charge in [-0.15, -0.1) is 0 Å². The summed E-state index contributed by atoms with van der Waals surface area (Å²) in [5.74, 6) is -0.445. The lowest BCUT2D eigenvalue weighted by molar-refractivity contribution is -0.384. The fourth-order valence-corrected chi connectivity index (χ4v) is 1.66. The summed E-state index contributed by atoms with van der Waals surface area (Å²) in [4.78, 5) is 23.4. The molecule has 0 heterocycles. The fourth-order valence-electron chi connectivity index (χ4n) is 1.24. The highest BCUT2D eigenvalue weighted by Gasteiger charge is 2.21. The van der Waals surface area contributed by atoms with E-state index >= 15 is 0 Å². The first kappa shape index (κ1) is 14.1. The highest BCUT2D eigenvalue weighted by Crippen LogP contribution is 2.24. The van der Waals surface area contributed by atoms with Gasteiger partial charge in [0.1, 0.15) is 6.04 Å². The van der Waals surface area contributed by atoms with Crippen molar-refractivity contribution in [1.82, 2.24) is 4.90 Å². The van der Waals surface area contributed by atoms with E-state index in [1.807, 2.05) is 6.07 Å². The third kappa shape index (κ3) is 2.84. The number of benzene rings is 1. The molecule has 1 rings (SSSR count). The van der Waals surface area contributed by atoms with Crippen LogP contribution in [0, 0.1) is 21.4 Å². The number of non-ortho nitro benzene ring substituents is 1. The van der Waals surface area contributed by atoms with Gasteiger partial charge in [-0.1, -0.05) is 0 Å². The number of nitrogens with zero attached hydrogens (tertiary/aromatic N) is 3. The Labute approximate surface area is 112 Å². The van der Waals surface area contributed by atoms with Gasteiger partial charge in [0, 0.05) is 23.7 Å². The molecule has 0 bridgehead atoms. The fraction of sp³-hybridized carbons (Fsp3) is 0.273. The first-order valence-electron chi connectivity index (χ1n) is 4.99. The molecular weight excluding hydrogens is 302 g/mol. The van der Waals surface area contributed by atoms with Crippen molar-refractivity contribution in [2.24, 2.45) is 0 Å². The van der Waals surface area contributed by atoms with Crippen molar-refractivity contribution in [3.63, 3.8) is 0 Å². The van der Waals surface area contributed by atoms with Gasteiger partial charge in [-0.05, 0) is 28.9 Å². The highest BCUT2D eigenvalue weighted by atomic mass is 79.9. The van der Waals surface area contributed by atoms with Crippen molar-refractivity contribution < 1.29 is 9.72 Å². The Morgan fingerprint density at radius 1 is 1.61 bits per heavy atom. The Morgan fingerprint density at radius 3 is 2.72 bits per heavy atom. The Bertz CT molecular complexity index is 539. The summed E-state index contributed by atoms with van der Waals surface area (Å²) in [6, 6.07) is 5.25. The van der Waals surface area contributed by atoms with E-state index in [-0.39, 0.29) is 11.3 Å². The van der Waals surface area contributed by atoms with E-state index in [0.29, 0.717) is 4.47 Å². The van der Waals surface area contributed by atoms with Crippen LogP contribution in [0.4, 0.5) is 5.69 Å². The highest BCUT2D eigenvalue weighted by molar-refractivity contribution is 9.10. The molecule has 0 fully saturated rings. The van der Waals surface area contributed by atoms with Gasteiger partial charge < -0.3 is 4.90 Å². The van der Waals surface area contributed by atoms with Crippen LogP contribution in [0.25, 0.3) is 0 Å². The Morgan fingerprint density at radius 2 is 2.22 bits per heavy atom. The molecule has 0 saturated carbocycles. The summed E-state index contributed by atoms with van der Waals surface area (Å²) >= 11 is 3.17. The van der Waals surface area contributed by atoms with E-state index in [4.69, 9.17) is 5.26 Å². The SMILES string of the molecule is CC(C#N)N(C)C(=O)c1cc([N+](=O)[O-])ccc1Br. The van der Waals surface area contributed by atoms with Crippen LogP contribution in [0.15, 0.2) is 22.7 Å². The molecule has 0 spiro atoms. The van der Waals surface area contributed by atoms with E-state index in [0.717, 1.165) is 0 Å². The van der Waals surface area contributed by atoms with Gasteiger partial charge in [-0.2, -0.15) is 5.26 Å². The number of nitro groups is 1. The van der Waals surface area contributed by atoms with Crippen molar-refractivity contribution in [2.75, 3.05) is 7.05 Å². The van der Waals surface area contributed by atoms with Crippen LogP contribution in [-0.4, -0.2) is 28.8 Å².